The van der Waals surface area contributed by atoms with Gasteiger partial charge >= 0.3 is 0 Å². The van der Waals surface area contributed by atoms with Gasteiger partial charge in [-0.3, -0.25) is 4.79 Å². The van der Waals surface area contributed by atoms with Crippen molar-refractivity contribution in [1.29, 1.82) is 0 Å². The van der Waals surface area contributed by atoms with Crippen LogP contribution in [0.4, 0.5) is 0 Å². The fraction of sp³-hybridized carbons (Fsp3) is 0.0625. The molecule has 1 aliphatic heterocycles. The third-order valence-electron chi connectivity index (χ3n) is 3.29. The van der Waals surface area contributed by atoms with Crippen LogP contribution in [0.2, 0.25) is 0 Å². The summed E-state index contributed by atoms with van der Waals surface area (Å²) in [5.41, 5.74) is 3.93. The SMILES string of the molecule is CN1C(=O)c2ccccc2/C1=C(\I)c1ccccc1. The molecule has 0 fully saturated rings. The van der Waals surface area contributed by atoms with Gasteiger partial charge in [-0.1, -0.05) is 48.5 Å². The molecule has 1 amide bonds. The number of benzene rings is 2. The molecule has 19 heavy (non-hydrogen) atoms. The van der Waals surface area contributed by atoms with Gasteiger partial charge in [0.25, 0.3) is 5.91 Å². The molecule has 2 nitrogen and oxygen atoms in total. The second-order valence-electron chi connectivity index (χ2n) is 4.44. The summed E-state index contributed by atoms with van der Waals surface area (Å²) in [5.74, 6) is 0.0655. The van der Waals surface area contributed by atoms with E-state index < -0.39 is 0 Å². The maximum absolute atomic E-state index is 12.2. The fourth-order valence-electron chi connectivity index (χ4n) is 2.33. The van der Waals surface area contributed by atoms with Crippen LogP contribution in [0.25, 0.3) is 9.28 Å². The maximum atomic E-state index is 12.2. The Labute approximate surface area is 125 Å². The Morgan fingerprint density at radius 1 is 0.947 bits per heavy atom. The summed E-state index contributed by atoms with van der Waals surface area (Å²) in [6.07, 6.45) is 0. The summed E-state index contributed by atoms with van der Waals surface area (Å²) < 4.78 is 1.10. The Morgan fingerprint density at radius 2 is 1.53 bits per heavy atom. The first kappa shape index (κ1) is 12.4. The summed E-state index contributed by atoms with van der Waals surface area (Å²) in [6, 6.07) is 17.9. The molecule has 0 spiro atoms. The smallest absolute Gasteiger partial charge is 0.258 e. The molecule has 0 unspecified atom stereocenters. The van der Waals surface area contributed by atoms with E-state index >= 15 is 0 Å². The Hall–Kier alpha value is -1.62. The number of hydrogen-bond acceptors (Lipinski definition) is 1. The summed E-state index contributed by atoms with van der Waals surface area (Å²) >= 11 is 2.32. The molecule has 3 rings (SSSR count). The van der Waals surface area contributed by atoms with Crippen molar-refractivity contribution < 1.29 is 4.79 Å². The highest BCUT2D eigenvalue weighted by Gasteiger charge is 2.31. The van der Waals surface area contributed by atoms with Crippen molar-refractivity contribution in [3.05, 3.63) is 71.3 Å². The van der Waals surface area contributed by atoms with Crippen LogP contribution in [-0.4, -0.2) is 17.9 Å². The van der Waals surface area contributed by atoms with Gasteiger partial charge in [0.05, 0.1) is 5.70 Å². The number of carbonyl (C=O) groups is 1. The number of rotatable bonds is 1. The van der Waals surface area contributed by atoms with E-state index in [1.54, 1.807) is 4.90 Å². The topological polar surface area (TPSA) is 20.3 Å². The number of amides is 1. The highest BCUT2D eigenvalue weighted by atomic mass is 127. The summed E-state index contributed by atoms with van der Waals surface area (Å²) in [7, 11) is 1.83. The molecule has 3 heteroatoms. The number of nitrogens with zero attached hydrogens (tertiary/aromatic N) is 1. The van der Waals surface area contributed by atoms with E-state index in [1.807, 2.05) is 49.5 Å². The van der Waals surface area contributed by atoms with Crippen LogP contribution < -0.4 is 0 Å². The zero-order valence-corrected chi connectivity index (χ0v) is 12.6. The van der Waals surface area contributed by atoms with Gasteiger partial charge in [-0.2, -0.15) is 0 Å². The van der Waals surface area contributed by atoms with Gasteiger partial charge in [0, 0.05) is 21.8 Å². The van der Waals surface area contributed by atoms with E-state index in [1.165, 1.54) is 0 Å². The molecule has 0 saturated carbocycles. The van der Waals surface area contributed by atoms with E-state index in [0.29, 0.717) is 0 Å². The number of carbonyl (C=O) groups excluding carboxylic acids is 1. The second-order valence-corrected chi connectivity index (χ2v) is 5.52. The predicted molar refractivity (Wildman–Crippen MR) is 85.8 cm³/mol. The van der Waals surface area contributed by atoms with Crippen LogP contribution >= 0.6 is 22.6 Å². The van der Waals surface area contributed by atoms with Crippen LogP contribution in [0, 0.1) is 0 Å². The van der Waals surface area contributed by atoms with Gasteiger partial charge in [-0.05, 0) is 34.2 Å². The van der Waals surface area contributed by atoms with Gasteiger partial charge in [-0.15, -0.1) is 0 Å². The Morgan fingerprint density at radius 3 is 2.21 bits per heavy atom. The molecule has 0 saturated heterocycles. The molecule has 2 aromatic carbocycles. The van der Waals surface area contributed by atoms with Gasteiger partial charge < -0.3 is 4.90 Å². The zero-order valence-electron chi connectivity index (χ0n) is 10.4. The van der Waals surface area contributed by atoms with E-state index in [0.717, 1.165) is 26.0 Å². The van der Waals surface area contributed by atoms with Crippen LogP contribution in [-0.2, 0) is 0 Å². The van der Waals surface area contributed by atoms with Crippen molar-refractivity contribution in [3.8, 4) is 0 Å². The molecule has 0 aliphatic carbocycles. The molecule has 1 heterocycles. The first-order chi connectivity index (χ1) is 9.20. The Balaban J connectivity index is 2.23. The number of hydrogen-bond donors (Lipinski definition) is 0. The molecule has 0 atom stereocenters. The number of halogens is 1. The normalized spacial score (nSPS) is 16.5. The standard InChI is InChI=1S/C16H12INO/c1-18-15(14(17)11-7-3-2-4-8-11)12-9-5-6-10-13(12)16(18)19/h2-10H,1H3/b15-14+. The third kappa shape index (κ3) is 1.98. The van der Waals surface area contributed by atoms with Crippen molar-refractivity contribution >= 4 is 37.8 Å². The zero-order chi connectivity index (χ0) is 13.4. The third-order valence-corrected chi connectivity index (χ3v) is 4.42. The van der Waals surface area contributed by atoms with E-state index in [2.05, 4.69) is 34.7 Å². The lowest BCUT2D eigenvalue weighted by Gasteiger charge is -2.14. The summed E-state index contributed by atoms with van der Waals surface area (Å²) in [6.45, 7) is 0. The first-order valence-electron chi connectivity index (χ1n) is 6.03. The van der Waals surface area contributed by atoms with Crippen LogP contribution in [0.3, 0.4) is 0 Å². The molecule has 0 aromatic heterocycles. The molecule has 0 N–H and O–H groups in total. The summed E-state index contributed by atoms with van der Waals surface area (Å²) in [4.78, 5) is 14.0. The first-order valence-corrected chi connectivity index (χ1v) is 7.10. The van der Waals surface area contributed by atoms with E-state index in [9.17, 15) is 4.79 Å². The van der Waals surface area contributed by atoms with Crippen molar-refractivity contribution in [3.63, 3.8) is 0 Å². The quantitative estimate of drug-likeness (QED) is 0.703. The molecular formula is C16H12INO. The lowest BCUT2D eigenvalue weighted by molar-refractivity contribution is 0.0875. The fourth-order valence-corrected chi connectivity index (χ4v) is 3.34. The minimum absolute atomic E-state index is 0.0655. The van der Waals surface area contributed by atoms with Crippen molar-refractivity contribution in [2.24, 2.45) is 0 Å². The number of fused-ring (bicyclic) bond motifs is 1. The van der Waals surface area contributed by atoms with E-state index in [4.69, 9.17) is 0 Å². The van der Waals surface area contributed by atoms with Crippen molar-refractivity contribution in [2.75, 3.05) is 7.05 Å². The Kier molecular flexibility index (Phi) is 3.14. The minimum Gasteiger partial charge on any atom is -0.310 e. The van der Waals surface area contributed by atoms with E-state index in [-0.39, 0.29) is 5.91 Å². The Bertz CT molecular complexity index is 676. The van der Waals surface area contributed by atoms with Crippen LogP contribution in [0.5, 0.6) is 0 Å². The molecule has 0 bridgehead atoms. The largest absolute Gasteiger partial charge is 0.310 e. The minimum atomic E-state index is 0.0655. The molecule has 94 valence electrons. The van der Waals surface area contributed by atoms with Crippen LogP contribution in [0.1, 0.15) is 21.5 Å². The predicted octanol–water partition coefficient (Wildman–Crippen LogP) is 4.03. The highest BCUT2D eigenvalue weighted by Crippen LogP contribution is 2.39. The molecular weight excluding hydrogens is 349 g/mol. The molecule has 0 radical (unpaired) electrons. The van der Waals surface area contributed by atoms with Gasteiger partial charge in [0.1, 0.15) is 0 Å². The summed E-state index contributed by atoms with van der Waals surface area (Å²) in [5, 5.41) is 0. The van der Waals surface area contributed by atoms with Crippen molar-refractivity contribution in [2.45, 2.75) is 0 Å². The van der Waals surface area contributed by atoms with Gasteiger partial charge in [0.15, 0.2) is 0 Å². The maximum Gasteiger partial charge on any atom is 0.258 e. The second kappa shape index (κ2) is 4.81. The van der Waals surface area contributed by atoms with Gasteiger partial charge in [-0.25, -0.2) is 0 Å². The average Bonchev–Trinajstić information content (AvgIpc) is 2.72. The monoisotopic (exact) mass is 361 g/mol. The van der Waals surface area contributed by atoms with Gasteiger partial charge in [0.2, 0.25) is 0 Å². The average molecular weight is 361 g/mol. The molecule has 2 aromatic rings. The highest BCUT2D eigenvalue weighted by molar-refractivity contribution is 14.1. The lowest BCUT2D eigenvalue weighted by atomic mass is 10.1. The molecule has 1 aliphatic rings. The van der Waals surface area contributed by atoms with Crippen molar-refractivity contribution in [1.82, 2.24) is 4.90 Å². The lowest BCUT2D eigenvalue weighted by Crippen LogP contribution is -2.17. The van der Waals surface area contributed by atoms with Crippen LogP contribution in [0.15, 0.2) is 54.6 Å².